The Kier molecular flexibility index (Phi) is 4.68. The lowest BCUT2D eigenvalue weighted by atomic mass is 10.3. The first-order valence-corrected chi connectivity index (χ1v) is 5.23. The van der Waals surface area contributed by atoms with Crippen molar-refractivity contribution in [1.29, 1.82) is 0 Å². The summed E-state index contributed by atoms with van der Waals surface area (Å²) in [4.78, 5) is 8.13. The third-order valence-corrected chi connectivity index (χ3v) is 2.08. The van der Waals surface area contributed by atoms with Crippen molar-refractivity contribution in [3.8, 4) is 0 Å². The van der Waals surface area contributed by atoms with Gasteiger partial charge in [0.1, 0.15) is 11.6 Å². The Balaban J connectivity index is 2.68. The molecule has 17 heavy (non-hydrogen) atoms. The zero-order valence-corrected chi connectivity index (χ0v) is 10.1. The quantitative estimate of drug-likeness (QED) is 0.385. The molecule has 1 heterocycles. The van der Waals surface area contributed by atoms with Crippen LogP contribution in [0.25, 0.3) is 0 Å². The van der Waals surface area contributed by atoms with Gasteiger partial charge in [-0.25, -0.2) is 15.8 Å². The number of anilines is 1. The highest BCUT2D eigenvalue weighted by Gasteiger charge is 2.04. The molecule has 1 aromatic heterocycles. The van der Waals surface area contributed by atoms with Gasteiger partial charge in [-0.05, 0) is 14.0 Å². The SMILES string of the molecule is CNC/C(N)=C/N(N)Cc1cnc(C)nc1N. The van der Waals surface area contributed by atoms with Gasteiger partial charge >= 0.3 is 0 Å². The number of nitrogen functional groups attached to an aromatic ring is 1. The van der Waals surface area contributed by atoms with Crippen molar-refractivity contribution in [2.75, 3.05) is 19.3 Å². The predicted octanol–water partition coefficient (Wildman–Crippen LogP) is -0.938. The molecule has 0 aliphatic rings. The summed E-state index contributed by atoms with van der Waals surface area (Å²) in [5, 5.41) is 4.39. The minimum atomic E-state index is 0.413. The molecule has 0 aliphatic carbocycles. The molecule has 0 radical (unpaired) electrons. The third kappa shape index (κ3) is 4.25. The zero-order valence-electron chi connectivity index (χ0n) is 10.1. The van der Waals surface area contributed by atoms with E-state index in [2.05, 4.69) is 15.3 Å². The van der Waals surface area contributed by atoms with Gasteiger partial charge in [-0.3, -0.25) is 0 Å². The maximum Gasteiger partial charge on any atom is 0.132 e. The van der Waals surface area contributed by atoms with Crippen LogP contribution in [-0.2, 0) is 6.54 Å². The molecule has 7 N–H and O–H groups in total. The van der Waals surface area contributed by atoms with Crippen LogP contribution in [0.3, 0.4) is 0 Å². The van der Waals surface area contributed by atoms with Crippen molar-refractivity contribution in [2.45, 2.75) is 13.5 Å². The number of hydrazine groups is 1. The van der Waals surface area contributed by atoms with E-state index in [0.717, 1.165) is 5.56 Å². The van der Waals surface area contributed by atoms with Crippen LogP contribution in [0, 0.1) is 6.92 Å². The second-order valence-electron chi connectivity index (χ2n) is 3.73. The molecule has 0 aromatic carbocycles. The maximum atomic E-state index is 5.78. The van der Waals surface area contributed by atoms with E-state index >= 15 is 0 Å². The zero-order chi connectivity index (χ0) is 12.8. The van der Waals surface area contributed by atoms with Crippen molar-refractivity contribution in [2.24, 2.45) is 11.6 Å². The summed E-state index contributed by atoms with van der Waals surface area (Å²) in [6, 6.07) is 0. The van der Waals surface area contributed by atoms with E-state index in [-0.39, 0.29) is 0 Å². The van der Waals surface area contributed by atoms with Crippen LogP contribution in [0.1, 0.15) is 11.4 Å². The lowest BCUT2D eigenvalue weighted by Gasteiger charge is -2.15. The van der Waals surface area contributed by atoms with Crippen LogP contribution in [0.5, 0.6) is 0 Å². The van der Waals surface area contributed by atoms with Crippen LogP contribution < -0.4 is 22.6 Å². The average Bonchev–Trinajstić information content (AvgIpc) is 2.22. The minimum absolute atomic E-state index is 0.413. The molecule has 0 atom stereocenters. The number of likely N-dealkylation sites (N-methyl/N-ethyl adjacent to an activating group) is 1. The van der Waals surface area contributed by atoms with E-state index in [9.17, 15) is 0 Å². The van der Waals surface area contributed by atoms with Gasteiger partial charge in [-0.1, -0.05) is 0 Å². The standard InChI is InChI=1S/C10H19N7/c1-7-15-3-8(10(12)16-7)5-17(13)6-9(11)4-14-2/h3,6,14H,4-5,11,13H2,1-2H3,(H2,12,15,16)/b9-6-. The summed E-state index contributed by atoms with van der Waals surface area (Å²) in [6.07, 6.45) is 3.31. The van der Waals surface area contributed by atoms with Crippen molar-refractivity contribution in [1.82, 2.24) is 20.3 Å². The van der Waals surface area contributed by atoms with E-state index < -0.39 is 0 Å². The van der Waals surface area contributed by atoms with Gasteiger partial charge in [-0.2, -0.15) is 0 Å². The van der Waals surface area contributed by atoms with E-state index in [1.807, 2.05) is 7.05 Å². The van der Waals surface area contributed by atoms with E-state index in [1.54, 1.807) is 19.3 Å². The second-order valence-corrected chi connectivity index (χ2v) is 3.73. The largest absolute Gasteiger partial charge is 0.400 e. The molecule has 1 rings (SSSR count). The van der Waals surface area contributed by atoms with Gasteiger partial charge in [0.05, 0.1) is 6.54 Å². The highest BCUT2D eigenvalue weighted by atomic mass is 15.4. The number of aryl methyl sites for hydroxylation is 1. The fourth-order valence-corrected chi connectivity index (χ4v) is 1.34. The Hall–Kier alpha value is -1.86. The first-order valence-electron chi connectivity index (χ1n) is 5.23. The van der Waals surface area contributed by atoms with Gasteiger partial charge in [0.15, 0.2) is 0 Å². The van der Waals surface area contributed by atoms with Gasteiger partial charge in [0, 0.05) is 30.2 Å². The van der Waals surface area contributed by atoms with Gasteiger partial charge < -0.3 is 21.8 Å². The van der Waals surface area contributed by atoms with E-state index in [1.165, 1.54) is 5.01 Å². The summed E-state index contributed by atoms with van der Waals surface area (Å²) in [6.45, 7) is 2.77. The lowest BCUT2D eigenvalue weighted by Crippen LogP contribution is -2.28. The molecule has 0 saturated carbocycles. The summed E-state index contributed by atoms with van der Waals surface area (Å²) in [5.41, 5.74) is 12.9. The first-order chi connectivity index (χ1) is 8.02. The fraction of sp³-hybridized carbons (Fsp3) is 0.400. The van der Waals surface area contributed by atoms with Crippen molar-refractivity contribution in [3.05, 3.63) is 29.5 Å². The van der Waals surface area contributed by atoms with Crippen LogP contribution >= 0.6 is 0 Å². The lowest BCUT2D eigenvalue weighted by molar-refractivity contribution is 0.382. The topological polar surface area (TPSA) is 119 Å². The molecular weight excluding hydrogens is 218 g/mol. The minimum Gasteiger partial charge on any atom is -0.400 e. The molecular formula is C10H19N7. The smallest absolute Gasteiger partial charge is 0.132 e. The van der Waals surface area contributed by atoms with Crippen LogP contribution in [0.4, 0.5) is 5.82 Å². The van der Waals surface area contributed by atoms with Crippen LogP contribution in [0.2, 0.25) is 0 Å². The summed E-state index contributed by atoms with van der Waals surface area (Å²) in [7, 11) is 1.81. The van der Waals surface area contributed by atoms with Crippen molar-refractivity contribution < 1.29 is 0 Å². The highest BCUT2D eigenvalue weighted by molar-refractivity contribution is 5.37. The Morgan fingerprint density at radius 3 is 2.88 bits per heavy atom. The molecule has 0 spiro atoms. The van der Waals surface area contributed by atoms with Gasteiger partial charge in [-0.15, -0.1) is 0 Å². The Morgan fingerprint density at radius 2 is 2.29 bits per heavy atom. The Morgan fingerprint density at radius 1 is 1.59 bits per heavy atom. The van der Waals surface area contributed by atoms with Gasteiger partial charge in [0.25, 0.3) is 0 Å². The molecule has 0 saturated heterocycles. The van der Waals surface area contributed by atoms with Gasteiger partial charge in [0.2, 0.25) is 0 Å². The monoisotopic (exact) mass is 237 g/mol. The molecule has 0 amide bonds. The number of hydrogen-bond donors (Lipinski definition) is 4. The third-order valence-electron chi connectivity index (χ3n) is 2.08. The summed E-state index contributed by atoms with van der Waals surface area (Å²) < 4.78 is 0. The van der Waals surface area contributed by atoms with E-state index in [0.29, 0.717) is 30.4 Å². The Labute approximate surface area is 101 Å². The summed E-state index contributed by atoms with van der Waals surface area (Å²) >= 11 is 0. The molecule has 0 bridgehead atoms. The van der Waals surface area contributed by atoms with Crippen LogP contribution in [0.15, 0.2) is 18.1 Å². The van der Waals surface area contributed by atoms with Crippen LogP contribution in [-0.4, -0.2) is 28.6 Å². The van der Waals surface area contributed by atoms with Crippen molar-refractivity contribution >= 4 is 5.82 Å². The maximum absolute atomic E-state index is 5.78. The molecule has 7 heteroatoms. The van der Waals surface area contributed by atoms with Crippen molar-refractivity contribution in [3.63, 3.8) is 0 Å². The predicted molar refractivity (Wildman–Crippen MR) is 67.1 cm³/mol. The first kappa shape index (κ1) is 13.2. The number of hydrogen-bond acceptors (Lipinski definition) is 7. The number of nitrogens with two attached hydrogens (primary N) is 3. The number of aromatic nitrogens is 2. The molecule has 94 valence electrons. The Bertz CT molecular complexity index is 402. The summed E-state index contributed by atoms with van der Waals surface area (Å²) in [5.74, 6) is 6.86. The highest BCUT2D eigenvalue weighted by Crippen LogP contribution is 2.09. The number of rotatable bonds is 5. The number of nitrogens with zero attached hydrogens (tertiary/aromatic N) is 3. The molecule has 0 unspecified atom stereocenters. The second kappa shape index (κ2) is 6.02. The molecule has 1 aromatic rings. The van der Waals surface area contributed by atoms with E-state index in [4.69, 9.17) is 17.3 Å². The normalized spacial score (nSPS) is 11.6. The fourth-order valence-electron chi connectivity index (χ4n) is 1.34. The number of nitrogens with one attached hydrogen (secondary N) is 1. The average molecular weight is 237 g/mol. The molecule has 7 nitrogen and oxygen atoms in total. The molecule has 0 fully saturated rings. The molecule has 0 aliphatic heterocycles.